The second-order valence-electron chi connectivity index (χ2n) is 10.7. The number of hydrogen-bond acceptors (Lipinski definition) is 8. The van der Waals surface area contributed by atoms with Gasteiger partial charge in [0.25, 0.3) is 0 Å². The van der Waals surface area contributed by atoms with Crippen LogP contribution < -0.4 is 9.47 Å². The summed E-state index contributed by atoms with van der Waals surface area (Å²) in [6.45, 7) is 7.70. The van der Waals surface area contributed by atoms with Crippen LogP contribution in [-0.2, 0) is 9.47 Å². The molecule has 2 unspecified atom stereocenters. The first-order valence-corrected chi connectivity index (χ1v) is 14.5. The van der Waals surface area contributed by atoms with Gasteiger partial charge in [0.2, 0.25) is 0 Å². The molecule has 4 rings (SSSR count). The van der Waals surface area contributed by atoms with E-state index in [-0.39, 0.29) is 48.2 Å². The van der Waals surface area contributed by atoms with Gasteiger partial charge < -0.3 is 18.9 Å². The van der Waals surface area contributed by atoms with Crippen molar-refractivity contribution in [2.24, 2.45) is 11.8 Å². The van der Waals surface area contributed by atoms with Gasteiger partial charge in [0.05, 0.1) is 40.6 Å². The van der Waals surface area contributed by atoms with E-state index in [0.29, 0.717) is 26.4 Å². The number of halogens is 2. The smallest absolute Gasteiger partial charge is 0.167 e. The summed E-state index contributed by atoms with van der Waals surface area (Å²) in [5.41, 5.74) is 1.44. The Morgan fingerprint density at radius 1 is 0.643 bits per heavy atom. The van der Waals surface area contributed by atoms with Crippen molar-refractivity contribution in [3.63, 3.8) is 0 Å². The zero-order valence-corrected chi connectivity index (χ0v) is 26.5. The van der Waals surface area contributed by atoms with E-state index in [1.165, 1.54) is 0 Å². The van der Waals surface area contributed by atoms with Gasteiger partial charge >= 0.3 is 0 Å². The summed E-state index contributed by atoms with van der Waals surface area (Å²) >= 11 is 0. The van der Waals surface area contributed by atoms with E-state index in [1.807, 2.05) is 48.5 Å². The maximum atomic E-state index is 13.6. The third-order valence-electron chi connectivity index (χ3n) is 8.01. The van der Waals surface area contributed by atoms with Crippen LogP contribution in [0.5, 0.6) is 11.5 Å². The summed E-state index contributed by atoms with van der Waals surface area (Å²) < 4.78 is 21.6. The number of methoxy groups -OCH3 is 2. The van der Waals surface area contributed by atoms with Gasteiger partial charge in [-0.15, -0.1) is 24.8 Å². The lowest BCUT2D eigenvalue weighted by atomic mass is 9.88. The molecule has 0 aromatic heterocycles. The molecule has 0 spiro atoms. The molecule has 10 heteroatoms. The van der Waals surface area contributed by atoms with Gasteiger partial charge in [-0.1, -0.05) is 12.8 Å². The topological polar surface area (TPSA) is 77.5 Å². The van der Waals surface area contributed by atoms with Crippen molar-refractivity contribution in [2.45, 2.75) is 25.7 Å². The van der Waals surface area contributed by atoms with Gasteiger partial charge in [0, 0.05) is 62.2 Å². The molecular formula is C32H46Cl2N2O6. The Bertz CT molecular complexity index is 972. The van der Waals surface area contributed by atoms with Crippen molar-refractivity contribution >= 4 is 36.4 Å². The normalized spacial score (nSPS) is 17.3. The number of unbranched alkanes of at least 4 members (excludes halogenated alkanes) is 1. The lowest BCUT2D eigenvalue weighted by Gasteiger charge is -2.31. The van der Waals surface area contributed by atoms with Crippen molar-refractivity contribution in [3.8, 4) is 11.5 Å². The van der Waals surface area contributed by atoms with E-state index in [1.54, 1.807) is 14.2 Å². The molecule has 2 aromatic carbocycles. The standard InChI is InChI=1S/C32H44N2O6.2ClH/c1-37-29-11-7-25(8-12-29)31(35)27(23-33-15-19-39-20-16-33)5-3-4-6-28(24-34-17-21-40-22-18-34)32(36)26-9-13-30(38-2)14-10-26;;/h7-14,27-28H,3-6,15-24H2,1-2H3;2*1H. The van der Waals surface area contributed by atoms with Crippen molar-refractivity contribution in [3.05, 3.63) is 59.7 Å². The van der Waals surface area contributed by atoms with Crippen LogP contribution in [0.15, 0.2) is 48.5 Å². The van der Waals surface area contributed by atoms with Crippen LogP contribution in [-0.4, -0.2) is 101 Å². The van der Waals surface area contributed by atoms with Crippen molar-refractivity contribution in [2.75, 3.05) is 79.9 Å². The molecule has 42 heavy (non-hydrogen) atoms. The van der Waals surface area contributed by atoms with Crippen LogP contribution in [0, 0.1) is 11.8 Å². The number of carbonyl (C=O) groups is 2. The first kappa shape index (κ1) is 36.0. The van der Waals surface area contributed by atoms with E-state index in [4.69, 9.17) is 18.9 Å². The Labute approximate surface area is 262 Å². The molecule has 0 N–H and O–H groups in total. The van der Waals surface area contributed by atoms with Crippen LogP contribution in [0.25, 0.3) is 0 Å². The molecule has 2 aliphatic heterocycles. The summed E-state index contributed by atoms with van der Waals surface area (Å²) in [6.07, 6.45) is 3.38. The van der Waals surface area contributed by atoms with E-state index < -0.39 is 0 Å². The largest absolute Gasteiger partial charge is 0.497 e. The number of Topliss-reactive ketones (excluding diaryl/α,β-unsaturated/α-hetero) is 2. The molecule has 2 saturated heterocycles. The summed E-state index contributed by atoms with van der Waals surface area (Å²) in [5.74, 6) is 1.65. The fourth-order valence-electron chi connectivity index (χ4n) is 5.56. The predicted octanol–water partition coefficient (Wildman–Crippen LogP) is 5.07. The number of nitrogens with zero attached hydrogens (tertiary/aromatic N) is 2. The Kier molecular flexibility index (Phi) is 16.4. The first-order valence-electron chi connectivity index (χ1n) is 14.5. The van der Waals surface area contributed by atoms with Crippen molar-refractivity contribution < 1.29 is 28.5 Å². The van der Waals surface area contributed by atoms with Gasteiger partial charge in [0.15, 0.2) is 11.6 Å². The Morgan fingerprint density at radius 3 is 1.29 bits per heavy atom. The van der Waals surface area contributed by atoms with Gasteiger partial charge in [0.1, 0.15) is 11.5 Å². The summed E-state index contributed by atoms with van der Waals surface area (Å²) in [7, 11) is 3.26. The van der Waals surface area contributed by atoms with Crippen LogP contribution in [0.1, 0.15) is 46.4 Å². The molecule has 0 aliphatic carbocycles. The predicted molar refractivity (Wildman–Crippen MR) is 169 cm³/mol. The van der Waals surface area contributed by atoms with Gasteiger partial charge in [-0.3, -0.25) is 19.4 Å². The van der Waals surface area contributed by atoms with Crippen LogP contribution in [0.2, 0.25) is 0 Å². The third kappa shape index (κ3) is 10.8. The molecule has 0 bridgehead atoms. The molecule has 2 aliphatic rings. The molecule has 2 heterocycles. The fraction of sp³-hybridized carbons (Fsp3) is 0.562. The highest BCUT2D eigenvalue weighted by atomic mass is 35.5. The molecule has 0 radical (unpaired) electrons. The lowest BCUT2D eigenvalue weighted by Crippen LogP contribution is -2.41. The van der Waals surface area contributed by atoms with Gasteiger partial charge in [-0.2, -0.15) is 0 Å². The minimum atomic E-state index is -0.0959. The van der Waals surface area contributed by atoms with Crippen LogP contribution in [0.4, 0.5) is 0 Å². The number of ketones is 2. The highest BCUT2D eigenvalue weighted by molar-refractivity contribution is 5.98. The highest BCUT2D eigenvalue weighted by Crippen LogP contribution is 2.24. The molecule has 234 valence electrons. The van der Waals surface area contributed by atoms with Gasteiger partial charge in [-0.05, 0) is 61.4 Å². The molecule has 2 atom stereocenters. The molecule has 0 amide bonds. The van der Waals surface area contributed by atoms with E-state index in [9.17, 15) is 9.59 Å². The van der Waals surface area contributed by atoms with Gasteiger partial charge in [-0.25, -0.2) is 0 Å². The molecule has 2 fully saturated rings. The number of carbonyl (C=O) groups excluding carboxylic acids is 2. The Hall–Kier alpha value is -2.20. The minimum absolute atomic E-state index is 0. The van der Waals surface area contributed by atoms with Crippen molar-refractivity contribution in [1.82, 2.24) is 9.80 Å². The average Bonchev–Trinajstić information content (AvgIpc) is 3.02. The van der Waals surface area contributed by atoms with Crippen LogP contribution in [0.3, 0.4) is 0 Å². The second kappa shape index (κ2) is 19.2. The van der Waals surface area contributed by atoms with Crippen molar-refractivity contribution in [1.29, 1.82) is 0 Å². The number of rotatable bonds is 15. The minimum Gasteiger partial charge on any atom is -0.497 e. The van der Waals surface area contributed by atoms with E-state index in [2.05, 4.69) is 9.80 Å². The maximum Gasteiger partial charge on any atom is 0.167 e. The third-order valence-corrected chi connectivity index (χ3v) is 8.01. The molecule has 8 nitrogen and oxygen atoms in total. The molecular weight excluding hydrogens is 579 g/mol. The maximum absolute atomic E-state index is 13.6. The Balaban J connectivity index is 0.00000308. The molecule has 2 aromatic rings. The van der Waals surface area contributed by atoms with Crippen LogP contribution >= 0.6 is 24.8 Å². The quantitative estimate of drug-likeness (QED) is 0.201. The molecule has 0 saturated carbocycles. The zero-order valence-electron chi connectivity index (χ0n) is 24.8. The van der Waals surface area contributed by atoms with E-state index >= 15 is 0 Å². The monoisotopic (exact) mass is 624 g/mol. The number of morpholine rings is 2. The summed E-state index contributed by atoms with van der Waals surface area (Å²) in [5, 5.41) is 0. The highest BCUT2D eigenvalue weighted by Gasteiger charge is 2.26. The van der Waals surface area contributed by atoms with E-state index in [0.717, 1.165) is 87.6 Å². The SMILES string of the molecule is COc1ccc(C(=O)C(CCCCC(CN2CCOCC2)C(=O)c2ccc(OC)cc2)CN2CCOCC2)cc1.Cl.Cl. The number of ether oxygens (including phenoxy) is 4. The summed E-state index contributed by atoms with van der Waals surface area (Å²) in [4.78, 5) is 31.8. The average molecular weight is 626 g/mol. The number of hydrogen-bond donors (Lipinski definition) is 0. The fourth-order valence-corrected chi connectivity index (χ4v) is 5.56. The lowest BCUT2D eigenvalue weighted by molar-refractivity contribution is 0.0283. The number of benzene rings is 2. The Morgan fingerprint density at radius 2 is 0.976 bits per heavy atom. The first-order chi connectivity index (χ1) is 19.6. The second-order valence-corrected chi connectivity index (χ2v) is 10.7. The summed E-state index contributed by atoms with van der Waals surface area (Å²) in [6, 6.07) is 14.8. The zero-order chi connectivity index (χ0) is 28.2.